The molecule has 35 heavy (non-hydrogen) atoms. The van der Waals surface area contributed by atoms with Crippen molar-refractivity contribution in [2.24, 2.45) is 0 Å². The van der Waals surface area contributed by atoms with Crippen molar-refractivity contribution >= 4 is 38.5 Å². The molecule has 0 saturated carbocycles. The van der Waals surface area contributed by atoms with Crippen LogP contribution < -0.4 is 0 Å². The molecule has 7 aromatic rings. The van der Waals surface area contributed by atoms with Crippen LogP contribution in [-0.2, 0) is 12.8 Å². The SMILES string of the molecule is c1ccc2c(c1)Cc1ccc3c(c1-2)-c1ccc2nc4c5cccnc5c5ccncc5n4c2c1C3. The van der Waals surface area contributed by atoms with Gasteiger partial charge < -0.3 is 0 Å². The summed E-state index contributed by atoms with van der Waals surface area (Å²) in [7, 11) is 0. The van der Waals surface area contributed by atoms with Crippen LogP contribution in [0, 0.1) is 0 Å². The van der Waals surface area contributed by atoms with Crippen LogP contribution in [0.3, 0.4) is 0 Å². The van der Waals surface area contributed by atoms with Gasteiger partial charge >= 0.3 is 0 Å². The largest absolute Gasteiger partial charge is 0.290 e. The number of rotatable bonds is 0. The minimum atomic E-state index is 0.915. The van der Waals surface area contributed by atoms with Gasteiger partial charge in [0, 0.05) is 29.6 Å². The van der Waals surface area contributed by atoms with Crippen LogP contribution in [0.4, 0.5) is 0 Å². The number of fused-ring (bicyclic) bond motifs is 16. The molecule has 0 saturated heterocycles. The van der Waals surface area contributed by atoms with Crippen LogP contribution in [0.2, 0.25) is 0 Å². The summed E-state index contributed by atoms with van der Waals surface area (Å²) < 4.78 is 2.32. The summed E-state index contributed by atoms with van der Waals surface area (Å²) in [5.41, 5.74) is 16.4. The molecule has 0 N–H and O–H groups in total. The Bertz CT molecular complexity index is 2070. The predicted molar refractivity (Wildman–Crippen MR) is 140 cm³/mol. The molecular weight excluding hydrogens is 428 g/mol. The lowest BCUT2D eigenvalue weighted by Gasteiger charge is -2.11. The Morgan fingerprint density at radius 2 is 1.57 bits per heavy atom. The first kappa shape index (κ1) is 17.8. The predicted octanol–water partition coefficient (Wildman–Crippen LogP) is 6.73. The van der Waals surface area contributed by atoms with Gasteiger partial charge in [0.25, 0.3) is 0 Å². The average Bonchev–Trinajstić information content (AvgIpc) is 3.59. The highest BCUT2D eigenvalue weighted by Gasteiger charge is 2.30. The molecule has 0 fully saturated rings. The van der Waals surface area contributed by atoms with E-state index in [0.29, 0.717) is 0 Å². The first-order chi connectivity index (χ1) is 17.4. The van der Waals surface area contributed by atoms with E-state index in [9.17, 15) is 0 Å². The first-order valence-electron chi connectivity index (χ1n) is 12.0. The summed E-state index contributed by atoms with van der Waals surface area (Å²) >= 11 is 0. The van der Waals surface area contributed by atoms with E-state index in [1.807, 2.05) is 24.7 Å². The molecule has 4 heteroatoms. The molecule has 4 aromatic heterocycles. The van der Waals surface area contributed by atoms with Gasteiger partial charge in [-0.3, -0.25) is 14.4 Å². The normalized spacial score (nSPS) is 13.5. The van der Waals surface area contributed by atoms with Crippen molar-refractivity contribution in [3.05, 3.63) is 108 Å². The molecule has 0 atom stereocenters. The van der Waals surface area contributed by atoms with Crippen molar-refractivity contribution in [1.29, 1.82) is 0 Å². The maximum Gasteiger partial charge on any atom is 0.148 e. The van der Waals surface area contributed by atoms with Gasteiger partial charge in [0.2, 0.25) is 0 Å². The second kappa shape index (κ2) is 6.10. The molecule has 0 aliphatic heterocycles. The number of aromatic nitrogens is 4. The first-order valence-corrected chi connectivity index (χ1v) is 12.0. The second-order valence-electron chi connectivity index (χ2n) is 9.67. The van der Waals surface area contributed by atoms with Gasteiger partial charge in [-0.05, 0) is 75.2 Å². The number of hydrogen-bond donors (Lipinski definition) is 0. The zero-order valence-corrected chi connectivity index (χ0v) is 18.8. The highest BCUT2D eigenvalue weighted by Crippen LogP contribution is 2.50. The lowest BCUT2D eigenvalue weighted by molar-refractivity contribution is 1.22. The fourth-order valence-electron chi connectivity index (χ4n) is 6.54. The van der Waals surface area contributed by atoms with Crippen LogP contribution in [0.1, 0.15) is 22.3 Å². The van der Waals surface area contributed by atoms with E-state index < -0.39 is 0 Å². The number of hydrogen-bond acceptors (Lipinski definition) is 3. The van der Waals surface area contributed by atoms with Crippen molar-refractivity contribution in [3.63, 3.8) is 0 Å². The molecule has 4 heterocycles. The average molecular weight is 447 g/mol. The maximum atomic E-state index is 5.14. The molecule has 0 unspecified atom stereocenters. The van der Waals surface area contributed by atoms with Crippen molar-refractivity contribution < 1.29 is 0 Å². The summed E-state index contributed by atoms with van der Waals surface area (Å²) in [5, 5.41) is 2.17. The Morgan fingerprint density at radius 1 is 0.686 bits per heavy atom. The van der Waals surface area contributed by atoms with Crippen molar-refractivity contribution in [2.75, 3.05) is 0 Å². The van der Waals surface area contributed by atoms with E-state index in [-0.39, 0.29) is 0 Å². The molecule has 3 aromatic carbocycles. The third-order valence-electron chi connectivity index (χ3n) is 7.95. The minimum Gasteiger partial charge on any atom is -0.290 e. The van der Waals surface area contributed by atoms with E-state index in [1.165, 1.54) is 50.0 Å². The number of nitrogens with zero attached hydrogens (tertiary/aromatic N) is 4. The minimum absolute atomic E-state index is 0.915. The van der Waals surface area contributed by atoms with E-state index in [0.717, 1.165) is 45.8 Å². The third kappa shape index (κ3) is 2.11. The monoisotopic (exact) mass is 446 g/mol. The Balaban J connectivity index is 1.45. The van der Waals surface area contributed by atoms with Gasteiger partial charge in [-0.25, -0.2) is 4.98 Å². The lowest BCUT2D eigenvalue weighted by Crippen LogP contribution is -1.95. The van der Waals surface area contributed by atoms with Crippen molar-refractivity contribution in [1.82, 2.24) is 19.4 Å². The summed E-state index contributed by atoms with van der Waals surface area (Å²) in [5.74, 6) is 0. The molecule has 2 aliphatic rings. The highest BCUT2D eigenvalue weighted by atomic mass is 15.0. The fourth-order valence-corrected chi connectivity index (χ4v) is 6.54. The summed E-state index contributed by atoms with van der Waals surface area (Å²) in [6.45, 7) is 0. The van der Waals surface area contributed by atoms with Crippen LogP contribution in [0.25, 0.3) is 60.7 Å². The third-order valence-corrected chi connectivity index (χ3v) is 7.95. The maximum absolute atomic E-state index is 5.14. The van der Waals surface area contributed by atoms with Crippen LogP contribution in [-0.4, -0.2) is 19.4 Å². The number of benzene rings is 3. The van der Waals surface area contributed by atoms with Crippen molar-refractivity contribution in [2.45, 2.75) is 12.8 Å². The number of imidazole rings is 1. The van der Waals surface area contributed by atoms with Crippen LogP contribution >= 0.6 is 0 Å². The van der Waals surface area contributed by atoms with E-state index in [1.54, 1.807) is 0 Å². The van der Waals surface area contributed by atoms with Gasteiger partial charge in [-0.2, -0.15) is 0 Å². The molecule has 4 nitrogen and oxygen atoms in total. The Hall–Kier alpha value is -4.57. The van der Waals surface area contributed by atoms with Gasteiger partial charge in [-0.15, -0.1) is 0 Å². The Labute approximate surface area is 200 Å². The smallest absolute Gasteiger partial charge is 0.148 e. The fraction of sp³-hybridized carbons (Fsp3) is 0.0645. The zero-order valence-electron chi connectivity index (χ0n) is 18.8. The highest BCUT2D eigenvalue weighted by molar-refractivity contribution is 6.12. The Morgan fingerprint density at radius 3 is 2.54 bits per heavy atom. The van der Waals surface area contributed by atoms with Gasteiger partial charge in [0.1, 0.15) is 5.65 Å². The lowest BCUT2D eigenvalue weighted by atomic mass is 9.94. The molecular formula is C31H18N4. The summed E-state index contributed by atoms with van der Waals surface area (Å²) in [4.78, 5) is 14.3. The summed E-state index contributed by atoms with van der Waals surface area (Å²) in [6, 6.07) is 24.2. The van der Waals surface area contributed by atoms with Crippen LogP contribution in [0.5, 0.6) is 0 Å². The van der Waals surface area contributed by atoms with Crippen molar-refractivity contribution in [3.8, 4) is 22.3 Å². The van der Waals surface area contributed by atoms with Gasteiger partial charge in [0.05, 0.1) is 28.3 Å². The zero-order chi connectivity index (χ0) is 22.7. The van der Waals surface area contributed by atoms with Crippen LogP contribution in [0.15, 0.2) is 85.3 Å². The van der Waals surface area contributed by atoms with E-state index >= 15 is 0 Å². The van der Waals surface area contributed by atoms with E-state index in [2.05, 4.69) is 70.0 Å². The quantitative estimate of drug-likeness (QED) is 0.243. The van der Waals surface area contributed by atoms with Gasteiger partial charge in [-0.1, -0.05) is 42.5 Å². The molecule has 0 spiro atoms. The second-order valence-corrected chi connectivity index (χ2v) is 9.67. The number of pyridine rings is 3. The summed E-state index contributed by atoms with van der Waals surface area (Å²) in [6.07, 6.45) is 7.59. The van der Waals surface area contributed by atoms with E-state index in [4.69, 9.17) is 9.97 Å². The topological polar surface area (TPSA) is 43.1 Å². The molecule has 0 radical (unpaired) electrons. The molecule has 0 bridgehead atoms. The standard InChI is InChI=1S/C31H18N4/c1-2-5-20-17(4-1)14-18-7-8-19-15-24-21(28(19)27(18)20)9-10-25-30(24)35-26-16-32-13-11-22(26)29-23(31(35)34-25)6-3-12-33-29/h1-13,16H,14-15H2. The van der Waals surface area contributed by atoms with Gasteiger partial charge in [0.15, 0.2) is 0 Å². The molecule has 9 rings (SSSR count). The molecule has 162 valence electrons. The molecule has 2 aliphatic carbocycles. The Kier molecular flexibility index (Phi) is 3.11. The molecule has 0 amide bonds.